The average molecular weight is 297 g/mol. The van der Waals surface area contributed by atoms with Gasteiger partial charge in [-0.1, -0.05) is 0 Å². The van der Waals surface area contributed by atoms with Gasteiger partial charge in [-0.15, -0.1) is 0 Å². The molecule has 1 aromatic rings. The Labute approximate surface area is 122 Å². The maximum atomic E-state index is 12.3. The fraction of sp³-hybridized carbons (Fsp3) is 0.615. The van der Waals surface area contributed by atoms with Crippen molar-refractivity contribution in [3.05, 3.63) is 11.3 Å². The van der Waals surface area contributed by atoms with Crippen LogP contribution in [0.5, 0.6) is 0 Å². The molecular formula is C13H19N3O3S. The molecule has 1 amide bonds. The Morgan fingerprint density at radius 3 is 2.60 bits per heavy atom. The Hall–Kier alpha value is -1.63. The molecular weight excluding hydrogens is 278 g/mol. The second kappa shape index (κ2) is 6.21. The number of carbonyl (C=O) groups excluding carboxylic acids is 1. The molecule has 2 rings (SSSR count). The molecule has 0 saturated carbocycles. The van der Waals surface area contributed by atoms with Gasteiger partial charge in [0.05, 0.1) is 5.69 Å². The summed E-state index contributed by atoms with van der Waals surface area (Å²) < 4.78 is 4.04. The number of nitrogens with zero attached hydrogens (tertiary/aromatic N) is 2. The molecule has 110 valence electrons. The Bertz CT molecular complexity index is 509. The van der Waals surface area contributed by atoms with Crippen LogP contribution in [0, 0.1) is 6.92 Å². The van der Waals surface area contributed by atoms with E-state index < -0.39 is 12.0 Å². The maximum Gasteiger partial charge on any atom is 0.340 e. The molecule has 1 aromatic heterocycles. The van der Waals surface area contributed by atoms with Gasteiger partial charge in [-0.2, -0.15) is 4.37 Å². The molecule has 0 bridgehead atoms. The summed E-state index contributed by atoms with van der Waals surface area (Å²) in [4.78, 5) is 25.3. The lowest BCUT2D eigenvalue weighted by Crippen LogP contribution is -2.43. The number of piperidine rings is 1. The minimum absolute atomic E-state index is 0.0205. The van der Waals surface area contributed by atoms with Gasteiger partial charge in [0.2, 0.25) is 5.91 Å². The molecule has 6 nitrogen and oxygen atoms in total. The molecule has 0 spiro atoms. The van der Waals surface area contributed by atoms with Gasteiger partial charge in [-0.25, -0.2) is 4.79 Å². The number of carboxylic acid groups (broad SMARTS) is 1. The van der Waals surface area contributed by atoms with Gasteiger partial charge in [0.25, 0.3) is 0 Å². The molecule has 7 heteroatoms. The van der Waals surface area contributed by atoms with E-state index in [1.165, 1.54) is 6.42 Å². The van der Waals surface area contributed by atoms with Crippen molar-refractivity contribution in [2.24, 2.45) is 0 Å². The van der Waals surface area contributed by atoms with Crippen molar-refractivity contribution in [2.75, 3.05) is 18.4 Å². The Morgan fingerprint density at radius 2 is 2.00 bits per heavy atom. The van der Waals surface area contributed by atoms with Crippen molar-refractivity contribution >= 4 is 28.4 Å². The predicted octanol–water partition coefficient (Wildman–Crippen LogP) is 1.96. The second-order valence-electron chi connectivity index (χ2n) is 5.03. The number of aromatic carboxylic acids is 1. The summed E-state index contributed by atoms with van der Waals surface area (Å²) in [6.45, 7) is 5.00. The van der Waals surface area contributed by atoms with Gasteiger partial charge in [0.15, 0.2) is 0 Å². The first kappa shape index (κ1) is 14.8. The molecule has 20 heavy (non-hydrogen) atoms. The molecule has 1 fully saturated rings. The van der Waals surface area contributed by atoms with Crippen LogP contribution in [-0.4, -0.2) is 45.4 Å². The van der Waals surface area contributed by atoms with Crippen molar-refractivity contribution < 1.29 is 14.7 Å². The summed E-state index contributed by atoms with van der Waals surface area (Å²) in [6.07, 6.45) is 3.25. The Kier molecular flexibility index (Phi) is 4.59. The van der Waals surface area contributed by atoms with Crippen LogP contribution in [-0.2, 0) is 4.79 Å². The van der Waals surface area contributed by atoms with Crippen LogP contribution < -0.4 is 5.32 Å². The standard InChI is InChI=1S/C13H19N3O3S/c1-8-10(13(18)19)11(20-15-8)14-9(2)12(17)16-6-4-3-5-7-16/h9,14H,3-7H2,1-2H3,(H,18,19). The summed E-state index contributed by atoms with van der Waals surface area (Å²) in [5, 5.41) is 12.6. The van der Waals surface area contributed by atoms with Gasteiger partial charge in [0, 0.05) is 13.1 Å². The third-order valence-electron chi connectivity index (χ3n) is 3.46. The first-order valence-electron chi connectivity index (χ1n) is 6.75. The number of amides is 1. The first-order valence-corrected chi connectivity index (χ1v) is 7.53. The molecule has 0 aromatic carbocycles. The monoisotopic (exact) mass is 297 g/mol. The van der Waals surface area contributed by atoms with Crippen LogP contribution >= 0.6 is 11.5 Å². The lowest BCUT2D eigenvalue weighted by atomic mass is 10.1. The van der Waals surface area contributed by atoms with E-state index >= 15 is 0 Å². The zero-order valence-electron chi connectivity index (χ0n) is 11.7. The molecule has 0 radical (unpaired) electrons. The smallest absolute Gasteiger partial charge is 0.340 e. The molecule has 1 atom stereocenters. The minimum atomic E-state index is -1.02. The number of carboxylic acids is 1. The highest BCUT2D eigenvalue weighted by Crippen LogP contribution is 2.25. The largest absolute Gasteiger partial charge is 0.478 e. The fourth-order valence-corrected chi connectivity index (χ4v) is 3.24. The van der Waals surface area contributed by atoms with E-state index in [1.54, 1.807) is 13.8 Å². The zero-order valence-corrected chi connectivity index (χ0v) is 12.5. The average Bonchev–Trinajstić information content (AvgIpc) is 2.79. The summed E-state index contributed by atoms with van der Waals surface area (Å²) in [7, 11) is 0. The number of likely N-dealkylation sites (tertiary alicyclic amines) is 1. The third-order valence-corrected chi connectivity index (χ3v) is 4.33. The quantitative estimate of drug-likeness (QED) is 0.887. The van der Waals surface area contributed by atoms with E-state index in [1.807, 2.05) is 4.90 Å². The van der Waals surface area contributed by atoms with Crippen LogP contribution in [0.3, 0.4) is 0 Å². The van der Waals surface area contributed by atoms with Gasteiger partial charge >= 0.3 is 5.97 Å². The van der Waals surface area contributed by atoms with Crippen molar-refractivity contribution in [3.8, 4) is 0 Å². The van der Waals surface area contributed by atoms with Gasteiger partial charge in [-0.3, -0.25) is 4.79 Å². The van der Waals surface area contributed by atoms with Crippen LogP contribution in [0.2, 0.25) is 0 Å². The van der Waals surface area contributed by atoms with E-state index in [-0.39, 0.29) is 11.5 Å². The van der Waals surface area contributed by atoms with E-state index in [2.05, 4.69) is 9.69 Å². The second-order valence-corrected chi connectivity index (χ2v) is 5.80. The molecule has 1 unspecified atom stereocenters. The molecule has 1 saturated heterocycles. The summed E-state index contributed by atoms with van der Waals surface area (Å²) >= 11 is 1.08. The van der Waals surface area contributed by atoms with Gasteiger partial charge in [0.1, 0.15) is 16.6 Å². The molecule has 1 aliphatic heterocycles. The topological polar surface area (TPSA) is 82.5 Å². The number of anilines is 1. The number of hydrogen-bond donors (Lipinski definition) is 2. The first-order chi connectivity index (χ1) is 9.50. The van der Waals surface area contributed by atoms with Gasteiger partial charge < -0.3 is 15.3 Å². The molecule has 2 N–H and O–H groups in total. The highest BCUT2D eigenvalue weighted by Gasteiger charge is 2.25. The summed E-state index contributed by atoms with van der Waals surface area (Å²) in [5.41, 5.74) is 0.635. The highest BCUT2D eigenvalue weighted by molar-refractivity contribution is 7.10. The van der Waals surface area contributed by atoms with E-state index in [9.17, 15) is 9.59 Å². The predicted molar refractivity (Wildman–Crippen MR) is 77.3 cm³/mol. The Morgan fingerprint density at radius 1 is 1.35 bits per heavy atom. The van der Waals surface area contributed by atoms with Crippen LogP contribution in [0.15, 0.2) is 0 Å². The van der Waals surface area contributed by atoms with Crippen molar-refractivity contribution in [1.29, 1.82) is 0 Å². The Balaban J connectivity index is 2.05. The number of carbonyl (C=O) groups is 2. The summed E-state index contributed by atoms with van der Waals surface area (Å²) in [5.74, 6) is -0.997. The number of nitrogens with one attached hydrogen (secondary N) is 1. The van der Waals surface area contributed by atoms with Crippen molar-refractivity contribution in [1.82, 2.24) is 9.27 Å². The highest BCUT2D eigenvalue weighted by atomic mass is 32.1. The minimum Gasteiger partial charge on any atom is -0.478 e. The normalized spacial score (nSPS) is 16.8. The van der Waals surface area contributed by atoms with Crippen LogP contribution in [0.25, 0.3) is 0 Å². The zero-order chi connectivity index (χ0) is 14.7. The number of aryl methyl sites for hydroxylation is 1. The van der Waals surface area contributed by atoms with Crippen LogP contribution in [0.4, 0.5) is 5.00 Å². The van der Waals surface area contributed by atoms with Gasteiger partial charge in [-0.05, 0) is 44.6 Å². The number of aromatic nitrogens is 1. The summed E-state index contributed by atoms with van der Waals surface area (Å²) in [6, 6.07) is -0.439. The lowest BCUT2D eigenvalue weighted by molar-refractivity contribution is -0.132. The lowest BCUT2D eigenvalue weighted by Gasteiger charge is -2.29. The maximum absolute atomic E-state index is 12.3. The van der Waals surface area contributed by atoms with E-state index in [4.69, 9.17) is 5.11 Å². The van der Waals surface area contributed by atoms with Crippen molar-refractivity contribution in [3.63, 3.8) is 0 Å². The molecule has 2 heterocycles. The SMILES string of the molecule is Cc1nsc(NC(C)C(=O)N2CCCCC2)c1C(=O)O. The van der Waals surface area contributed by atoms with E-state index in [0.29, 0.717) is 10.7 Å². The third kappa shape index (κ3) is 3.09. The molecule has 0 aliphatic carbocycles. The van der Waals surface area contributed by atoms with Crippen LogP contribution in [0.1, 0.15) is 42.2 Å². The molecule has 1 aliphatic rings. The van der Waals surface area contributed by atoms with E-state index in [0.717, 1.165) is 37.5 Å². The fourth-order valence-electron chi connectivity index (χ4n) is 2.37. The number of rotatable bonds is 4. The van der Waals surface area contributed by atoms with Crippen molar-refractivity contribution in [2.45, 2.75) is 39.2 Å². The number of hydrogen-bond acceptors (Lipinski definition) is 5.